The van der Waals surface area contributed by atoms with E-state index < -0.39 is 6.04 Å². The molecule has 5 rings (SSSR count). The van der Waals surface area contributed by atoms with Crippen LogP contribution in [0, 0.1) is 13.8 Å². The van der Waals surface area contributed by atoms with E-state index in [1.54, 1.807) is 4.68 Å². The highest BCUT2D eigenvalue weighted by Crippen LogP contribution is 2.41. The van der Waals surface area contributed by atoms with Crippen molar-refractivity contribution >= 4 is 56.8 Å². The van der Waals surface area contributed by atoms with Gasteiger partial charge in [-0.05, 0) is 69.2 Å². The summed E-state index contributed by atoms with van der Waals surface area (Å²) in [6, 6.07) is 18.9. The number of allylic oxidation sites excluding steroid dienone is 1. The van der Waals surface area contributed by atoms with Crippen LogP contribution in [0.3, 0.4) is 0 Å². The van der Waals surface area contributed by atoms with Crippen molar-refractivity contribution < 1.29 is 9.53 Å². The number of amides is 1. The first-order valence-corrected chi connectivity index (χ1v) is 15.0. The molecule has 4 aromatic rings. The Hall–Kier alpha value is -3.27. The third-order valence-electron chi connectivity index (χ3n) is 6.59. The highest BCUT2D eigenvalue weighted by atomic mass is 79.9. The summed E-state index contributed by atoms with van der Waals surface area (Å²) in [4.78, 5) is 18.7. The Morgan fingerprint density at radius 2 is 1.95 bits per heavy atom. The zero-order valence-corrected chi connectivity index (χ0v) is 25.7. The predicted octanol–water partition coefficient (Wildman–Crippen LogP) is 7.93. The molecule has 1 aliphatic heterocycles. The first-order chi connectivity index (χ1) is 19.2. The molecule has 206 valence electrons. The summed E-state index contributed by atoms with van der Waals surface area (Å²) in [6.45, 7) is 8.32. The molecule has 0 aliphatic carbocycles. The summed E-state index contributed by atoms with van der Waals surface area (Å²) in [5, 5.41) is 12.6. The lowest BCUT2D eigenvalue weighted by atomic mass is 9.94. The van der Waals surface area contributed by atoms with Gasteiger partial charge in [0.1, 0.15) is 11.8 Å². The van der Waals surface area contributed by atoms with Crippen LogP contribution in [-0.2, 0) is 10.5 Å². The van der Waals surface area contributed by atoms with Gasteiger partial charge in [0.2, 0.25) is 11.1 Å². The molecular weight excluding hydrogens is 610 g/mol. The number of ether oxygens (including phenoxy) is 1. The number of anilines is 2. The molecule has 1 unspecified atom stereocenters. The van der Waals surface area contributed by atoms with E-state index in [0.717, 1.165) is 32.4 Å². The standard InChI is InChI=1S/C30H29BrClN5O2S/c1-5-39-25-13-11-21(31)15-22(25)27-26(28(38)34-24-12-10-17(2)14-18(24)3)19(4)33-29-35-30(36-37(27)29)40-16-20-8-6-7-9-23(20)32/h6-15,27H,5,16H2,1-4H3,(H,34,38)(H,33,35,36). The van der Waals surface area contributed by atoms with Crippen molar-refractivity contribution in [1.82, 2.24) is 14.8 Å². The average Bonchev–Trinajstić information content (AvgIpc) is 3.32. The third kappa shape index (κ3) is 5.92. The predicted molar refractivity (Wildman–Crippen MR) is 165 cm³/mol. The van der Waals surface area contributed by atoms with Crippen LogP contribution < -0.4 is 15.4 Å². The largest absolute Gasteiger partial charge is 0.494 e. The van der Waals surface area contributed by atoms with Gasteiger partial charge in [-0.1, -0.05) is 75.2 Å². The van der Waals surface area contributed by atoms with Crippen molar-refractivity contribution in [1.29, 1.82) is 0 Å². The zero-order chi connectivity index (χ0) is 28.4. The SMILES string of the molecule is CCOc1ccc(Br)cc1C1C(C(=O)Nc2ccc(C)cc2C)=C(C)Nc2nc(SCc3ccccc3Cl)nn21. The molecule has 0 saturated carbocycles. The Morgan fingerprint density at radius 1 is 1.15 bits per heavy atom. The molecular formula is C30H29BrClN5O2S. The van der Waals surface area contributed by atoms with Gasteiger partial charge in [0.25, 0.3) is 5.91 Å². The zero-order valence-electron chi connectivity index (χ0n) is 22.6. The number of benzene rings is 3. The number of hydrogen-bond donors (Lipinski definition) is 2. The number of aromatic nitrogens is 3. The summed E-state index contributed by atoms with van der Waals surface area (Å²) in [6.07, 6.45) is 0. The van der Waals surface area contributed by atoms with E-state index in [1.165, 1.54) is 11.8 Å². The fraction of sp³-hybridized carbons (Fsp3) is 0.233. The van der Waals surface area contributed by atoms with Crippen LogP contribution in [0.25, 0.3) is 0 Å². The average molecular weight is 639 g/mol. The van der Waals surface area contributed by atoms with Crippen LogP contribution in [0.5, 0.6) is 5.75 Å². The van der Waals surface area contributed by atoms with Crippen molar-refractivity contribution in [3.63, 3.8) is 0 Å². The second kappa shape index (κ2) is 12.1. The summed E-state index contributed by atoms with van der Waals surface area (Å²) < 4.78 is 8.66. The summed E-state index contributed by atoms with van der Waals surface area (Å²) in [5.74, 6) is 1.61. The van der Waals surface area contributed by atoms with Crippen LogP contribution in [0.1, 0.15) is 42.1 Å². The number of nitrogens with zero attached hydrogens (tertiary/aromatic N) is 3. The lowest BCUT2D eigenvalue weighted by Crippen LogP contribution is -2.32. The summed E-state index contributed by atoms with van der Waals surface area (Å²) >= 11 is 11.5. The molecule has 0 spiro atoms. The molecule has 3 aromatic carbocycles. The quantitative estimate of drug-likeness (QED) is 0.191. The molecule has 40 heavy (non-hydrogen) atoms. The molecule has 10 heteroatoms. The molecule has 1 aliphatic rings. The van der Waals surface area contributed by atoms with Crippen LogP contribution in [0.15, 0.2) is 81.6 Å². The van der Waals surface area contributed by atoms with Crippen molar-refractivity contribution in [3.05, 3.63) is 104 Å². The molecule has 0 saturated heterocycles. The fourth-order valence-corrected chi connectivity index (χ4v) is 6.19. The number of halogens is 2. The van der Waals surface area contributed by atoms with Gasteiger partial charge in [0, 0.05) is 32.2 Å². The van der Waals surface area contributed by atoms with Gasteiger partial charge in [0.05, 0.1) is 12.2 Å². The monoisotopic (exact) mass is 637 g/mol. The Balaban J connectivity index is 1.56. The van der Waals surface area contributed by atoms with Crippen LogP contribution in [0.4, 0.5) is 11.6 Å². The van der Waals surface area contributed by atoms with Gasteiger partial charge in [-0.25, -0.2) is 4.68 Å². The number of carbonyl (C=O) groups excluding carboxylic acids is 1. The first kappa shape index (κ1) is 28.3. The van der Waals surface area contributed by atoms with Gasteiger partial charge in [0.15, 0.2) is 0 Å². The van der Waals surface area contributed by atoms with Crippen molar-refractivity contribution in [2.45, 2.75) is 44.6 Å². The number of hydrogen-bond acceptors (Lipinski definition) is 6. The Morgan fingerprint density at radius 3 is 2.70 bits per heavy atom. The molecule has 1 amide bonds. The molecule has 2 N–H and O–H groups in total. The lowest BCUT2D eigenvalue weighted by Gasteiger charge is -2.30. The maximum Gasteiger partial charge on any atom is 0.255 e. The van der Waals surface area contributed by atoms with Crippen LogP contribution in [-0.4, -0.2) is 27.3 Å². The van der Waals surface area contributed by atoms with Crippen LogP contribution in [0.2, 0.25) is 5.02 Å². The van der Waals surface area contributed by atoms with E-state index in [0.29, 0.717) is 45.5 Å². The first-order valence-electron chi connectivity index (χ1n) is 12.9. The topological polar surface area (TPSA) is 81.1 Å². The van der Waals surface area contributed by atoms with Crippen molar-refractivity contribution in [2.75, 3.05) is 17.2 Å². The van der Waals surface area contributed by atoms with Crippen LogP contribution >= 0.6 is 39.3 Å². The van der Waals surface area contributed by atoms with Gasteiger partial charge in [-0.2, -0.15) is 4.98 Å². The van der Waals surface area contributed by atoms with E-state index in [-0.39, 0.29) is 5.91 Å². The van der Waals surface area contributed by atoms with E-state index in [9.17, 15) is 4.79 Å². The maximum atomic E-state index is 14.0. The number of fused-ring (bicyclic) bond motifs is 1. The van der Waals surface area contributed by atoms with Gasteiger partial charge >= 0.3 is 0 Å². The van der Waals surface area contributed by atoms with E-state index in [1.807, 2.05) is 88.4 Å². The normalized spacial score (nSPS) is 14.5. The van der Waals surface area contributed by atoms with Crippen molar-refractivity contribution in [3.8, 4) is 5.75 Å². The molecule has 0 bridgehead atoms. The molecule has 1 aromatic heterocycles. The number of nitrogens with one attached hydrogen (secondary N) is 2. The Labute approximate surface area is 251 Å². The number of aryl methyl sites for hydroxylation is 2. The van der Waals surface area contributed by atoms with Gasteiger partial charge in [-0.3, -0.25) is 4.79 Å². The molecule has 7 nitrogen and oxygen atoms in total. The van der Waals surface area contributed by atoms with E-state index in [4.69, 9.17) is 26.4 Å². The lowest BCUT2D eigenvalue weighted by molar-refractivity contribution is -0.113. The van der Waals surface area contributed by atoms with E-state index in [2.05, 4.69) is 26.6 Å². The second-order valence-electron chi connectivity index (χ2n) is 9.50. The Kier molecular flexibility index (Phi) is 8.54. The van der Waals surface area contributed by atoms with Crippen molar-refractivity contribution in [2.24, 2.45) is 0 Å². The fourth-order valence-electron chi connectivity index (χ4n) is 4.70. The minimum Gasteiger partial charge on any atom is -0.494 e. The molecule has 1 atom stereocenters. The van der Waals surface area contributed by atoms with E-state index >= 15 is 0 Å². The number of carbonyl (C=O) groups is 1. The highest BCUT2D eigenvalue weighted by molar-refractivity contribution is 9.10. The molecule has 0 radical (unpaired) electrons. The summed E-state index contributed by atoms with van der Waals surface area (Å²) in [5.41, 5.74) is 5.90. The van der Waals surface area contributed by atoms with Gasteiger partial charge < -0.3 is 15.4 Å². The molecule has 0 fully saturated rings. The summed E-state index contributed by atoms with van der Waals surface area (Å²) in [7, 11) is 0. The Bertz CT molecular complexity index is 1620. The minimum atomic E-state index is -0.580. The molecule has 2 heterocycles. The second-order valence-corrected chi connectivity index (χ2v) is 11.8. The highest BCUT2D eigenvalue weighted by Gasteiger charge is 2.36. The number of thioether (sulfide) groups is 1. The number of rotatable bonds is 8. The smallest absolute Gasteiger partial charge is 0.255 e. The van der Waals surface area contributed by atoms with Gasteiger partial charge in [-0.15, -0.1) is 5.10 Å². The minimum absolute atomic E-state index is 0.226. The third-order valence-corrected chi connectivity index (χ3v) is 8.34. The maximum absolute atomic E-state index is 14.0.